The summed E-state index contributed by atoms with van der Waals surface area (Å²) in [6.45, 7) is 8.28. The van der Waals surface area contributed by atoms with Crippen LogP contribution in [0.2, 0.25) is 0 Å². The molecule has 0 spiro atoms. The average Bonchev–Trinajstić information content (AvgIpc) is 2.95. The summed E-state index contributed by atoms with van der Waals surface area (Å²) in [6.07, 6.45) is 4.47. The molecule has 0 aliphatic carbocycles. The number of piperidine rings is 1. The van der Waals surface area contributed by atoms with Gasteiger partial charge in [0.2, 0.25) is 15.9 Å². The normalized spacial score (nSPS) is 24.6. The molecular weight excluding hydrogens is 400 g/mol. The van der Waals surface area contributed by atoms with Gasteiger partial charge in [-0.25, -0.2) is 8.42 Å². The maximum atomic E-state index is 13.4. The smallest absolute Gasteiger partial charge is 0.243 e. The van der Waals surface area contributed by atoms with Gasteiger partial charge in [0.15, 0.2) is 0 Å². The first-order valence-electron chi connectivity index (χ1n) is 11.2. The lowest BCUT2D eigenvalue weighted by atomic mass is 9.92. The Morgan fingerprint density at radius 2 is 1.63 bits per heavy atom. The number of amides is 1. The summed E-state index contributed by atoms with van der Waals surface area (Å²) in [6, 6.07) is 6.78. The number of carbonyl (C=O) groups excluding carboxylic acids is 1. The Morgan fingerprint density at radius 1 is 1.00 bits per heavy atom. The number of hydrogen-bond acceptors (Lipinski definition) is 4. The van der Waals surface area contributed by atoms with Gasteiger partial charge in [-0.05, 0) is 68.2 Å². The summed E-state index contributed by atoms with van der Waals surface area (Å²) in [5.74, 6) is 1.87. The van der Waals surface area contributed by atoms with Crippen LogP contribution in [0, 0.1) is 17.8 Å². The van der Waals surface area contributed by atoms with E-state index in [4.69, 9.17) is 4.74 Å². The molecule has 1 aromatic rings. The molecule has 0 radical (unpaired) electrons. The summed E-state index contributed by atoms with van der Waals surface area (Å²) < 4.78 is 32.6. The van der Waals surface area contributed by atoms with Gasteiger partial charge in [0.25, 0.3) is 0 Å². The second-order valence-electron chi connectivity index (χ2n) is 9.17. The first-order valence-corrected chi connectivity index (χ1v) is 12.6. The molecule has 2 aliphatic rings. The Labute approximate surface area is 181 Å². The minimum absolute atomic E-state index is 0.0815. The minimum Gasteiger partial charge on any atom is -0.497 e. The summed E-state index contributed by atoms with van der Waals surface area (Å²) >= 11 is 0. The Morgan fingerprint density at radius 3 is 2.20 bits per heavy atom. The van der Waals surface area contributed by atoms with Crippen LogP contribution in [0.4, 0.5) is 0 Å². The Kier molecular flexibility index (Phi) is 7.45. The Hall–Kier alpha value is -1.60. The summed E-state index contributed by atoms with van der Waals surface area (Å²) in [5.41, 5.74) is 0. The van der Waals surface area contributed by atoms with Gasteiger partial charge in [0.05, 0.1) is 12.0 Å². The van der Waals surface area contributed by atoms with E-state index < -0.39 is 10.0 Å². The van der Waals surface area contributed by atoms with Crippen LogP contribution in [0.1, 0.15) is 52.9 Å². The monoisotopic (exact) mass is 436 g/mol. The van der Waals surface area contributed by atoms with Gasteiger partial charge in [0, 0.05) is 31.6 Å². The fourth-order valence-corrected chi connectivity index (χ4v) is 6.19. The highest BCUT2D eigenvalue weighted by molar-refractivity contribution is 7.89. The van der Waals surface area contributed by atoms with Gasteiger partial charge < -0.3 is 9.64 Å². The maximum Gasteiger partial charge on any atom is 0.243 e. The van der Waals surface area contributed by atoms with Crippen molar-refractivity contribution in [3.63, 3.8) is 0 Å². The number of ether oxygens (including phenoxy) is 1. The largest absolute Gasteiger partial charge is 0.497 e. The zero-order valence-electron chi connectivity index (χ0n) is 18.7. The molecule has 2 fully saturated rings. The Bertz CT molecular complexity index is 814. The Balaban J connectivity index is 1.65. The van der Waals surface area contributed by atoms with E-state index in [1.54, 1.807) is 31.4 Å². The molecule has 0 saturated carbocycles. The number of nitrogens with zero attached hydrogens (tertiary/aromatic N) is 2. The van der Waals surface area contributed by atoms with Gasteiger partial charge in [-0.3, -0.25) is 4.79 Å². The van der Waals surface area contributed by atoms with Gasteiger partial charge in [0.1, 0.15) is 5.75 Å². The molecule has 2 atom stereocenters. The van der Waals surface area contributed by atoms with Crippen molar-refractivity contribution in [2.24, 2.45) is 17.8 Å². The first-order chi connectivity index (χ1) is 14.2. The van der Waals surface area contributed by atoms with Gasteiger partial charge in [-0.2, -0.15) is 4.31 Å². The van der Waals surface area contributed by atoms with E-state index in [-0.39, 0.29) is 16.7 Å². The molecule has 2 saturated heterocycles. The number of hydrogen-bond donors (Lipinski definition) is 0. The number of rotatable bonds is 5. The molecule has 0 aromatic heterocycles. The van der Waals surface area contributed by atoms with E-state index in [1.165, 1.54) is 10.7 Å². The predicted octanol–water partition coefficient (Wildman–Crippen LogP) is 3.77. The van der Waals surface area contributed by atoms with Crippen LogP contribution in [0.15, 0.2) is 29.2 Å². The lowest BCUT2D eigenvalue weighted by Crippen LogP contribution is -2.49. The average molecular weight is 437 g/mol. The lowest BCUT2D eigenvalue weighted by molar-refractivity contribution is -0.140. The van der Waals surface area contributed by atoms with Crippen LogP contribution >= 0.6 is 0 Å². The number of carbonyl (C=O) groups is 1. The van der Waals surface area contributed by atoms with Crippen LogP contribution in [0.25, 0.3) is 0 Å². The van der Waals surface area contributed by atoms with Crippen LogP contribution in [0.5, 0.6) is 5.75 Å². The third-order valence-electron chi connectivity index (χ3n) is 6.77. The van der Waals surface area contributed by atoms with Crippen molar-refractivity contribution in [3.05, 3.63) is 24.3 Å². The molecule has 30 heavy (non-hydrogen) atoms. The van der Waals surface area contributed by atoms with E-state index in [9.17, 15) is 13.2 Å². The van der Waals surface area contributed by atoms with E-state index in [2.05, 4.69) is 25.7 Å². The van der Waals surface area contributed by atoms with Crippen LogP contribution in [0.3, 0.4) is 0 Å². The highest BCUT2D eigenvalue weighted by Gasteiger charge is 2.37. The van der Waals surface area contributed by atoms with E-state index >= 15 is 0 Å². The van der Waals surface area contributed by atoms with E-state index in [1.807, 2.05) is 0 Å². The minimum atomic E-state index is -3.55. The van der Waals surface area contributed by atoms with E-state index in [0.29, 0.717) is 49.6 Å². The molecule has 168 valence electrons. The van der Waals surface area contributed by atoms with Crippen LogP contribution < -0.4 is 4.74 Å². The molecule has 0 bridgehead atoms. The topological polar surface area (TPSA) is 66.9 Å². The van der Waals surface area contributed by atoms with Crippen molar-refractivity contribution in [1.82, 2.24) is 9.21 Å². The lowest BCUT2D eigenvalue weighted by Gasteiger charge is -2.38. The maximum absolute atomic E-state index is 13.4. The van der Waals surface area contributed by atoms with Crippen molar-refractivity contribution in [3.8, 4) is 5.75 Å². The number of methoxy groups -OCH3 is 1. The number of likely N-dealkylation sites (tertiary alicyclic amines) is 1. The van der Waals surface area contributed by atoms with Crippen molar-refractivity contribution in [1.29, 1.82) is 0 Å². The second-order valence-corrected chi connectivity index (χ2v) is 11.1. The first kappa shape index (κ1) is 23.1. The highest BCUT2D eigenvalue weighted by atomic mass is 32.2. The highest BCUT2D eigenvalue weighted by Crippen LogP contribution is 2.31. The molecule has 2 unspecified atom stereocenters. The standard InChI is InChI=1S/C23H36N2O4S/c1-17(2)22-10-5-18(3)11-16-25(22)23(26)19-12-14-24(15-13-19)30(27,28)21-8-6-20(29-4)7-9-21/h6-9,17-19,22H,5,10-16H2,1-4H3. The number of sulfonamides is 1. The van der Waals surface area contributed by atoms with Crippen molar-refractivity contribution >= 4 is 15.9 Å². The van der Waals surface area contributed by atoms with Gasteiger partial charge in [-0.1, -0.05) is 20.8 Å². The third-order valence-corrected chi connectivity index (χ3v) is 8.68. The van der Waals surface area contributed by atoms with Gasteiger partial charge in [-0.15, -0.1) is 0 Å². The van der Waals surface area contributed by atoms with Crippen molar-refractivity contribution < 1.29 is 17.9 Å². The quantitative estimate of drug-likeness (QED) is 0.705. The molecule has 2 heterocycles. The SMILES string of the molecule is COc1ccc(S(=O)(=O)N2CCC(C(=O)N3CCC(C)CCC3C(C)C)CC2)cc1. The summed E-state index contributed by atoms with van der Waals surface area (Å²) in [4.78, 5) is 15.8. The molecule has 1 aromatic carbocycles. The zero-order valence-corrected chi connectivity index (χ0v) is 19.5. The summed E-state index contributed by atoms with van der Waals surface area (Å²) in [7, 11) is -1.99. The molecule has 1 amide bonds. The fraction of sp³-hybridized carbons (Fsp3) is 0.696. The fourth-order valence-electron chi connectivity index (χ4n) is 4.72. The number of benzene rings is 1. The van der Waals surface area contributed by atoms with Gasteiger partial charge >= 0.3 is 0 Å². The van der Waals surface area contributed by atoms with Crippen LogP contribution in [-0.4, -0.2) is 56.3 Å². The molecule has 2 aliphatic heterocycles. The molecule has 0 N–H and O–H groups in total. The third kappa shape index (κ3) is 4.99. The zero-order chi connectivity index (χ0) is 21.9. The second kappa shape index (κ2) is 9.69. The molecule has 3 rings (SSSR count). The molecular formula is C23H36N2O4S. The van der Waals surface area contributed by atoms with E-state index in [0.717, 1.165) is 19.4 Å². The molecule has 6 nitrogen and oxygen atoms in total. The summed E-state index contributed by atoms with van der Waals surface area (Å²) in [5, 5.41) is 0. The van der Waals surface area contributed by atoms with Crippen LogP contribution in [-0.2, 0) is 14.8 Å². The van der Waals surface area contributed by atoms with Crippen molar-refractivity contribution in [2.75, 3.05) is 26.7 Å². The molecule has 7 heteroatoms. The predicted molar refractivity (Wildman–Crippen MR) is 118 cm³/mol. The van der Waals surface area contributed by atoms with Crippen molar-refractivity contribution in [2.45, 2.75) is 63.8 Å².